The first-order valence-corrected chi connectivity index (χ1v) is 11.2. The SMILES string of the molecule is COc1ccc(Cc2cnc(C3CCCN(C(=O)c4[nH]c5ccc(F)cc5c4C)C3)o2)cc1. The molecule has 0 radical (unpaired) electrons. The number of ether oxygens (including phenoxy) is 1. The summed E-state index contributed by atoms with van der Waals surface area (Å²) in [6.07, 6.45) is 4.22. The number of hydrogen-bond donors (Lipinski definition) is 1. The Balaban J connectivity index is 1.30. The molecule has 4 aromatic rings. The molecule has 2 aromatic carbocycles. The van der Waals surface area contributed by atoms with Crippen LogP contribution in [0.2, 0.25) is 0 Å². The number of benzene rings is 2. The molecule has 2 aromatic heterocycles. The van der Waals surface area contributed by atoms with Crippen LogP contribution >= 0.6 is 0 Å². The van der Waals surface area contributed by atoms with Crippen LogP contribution in [0.15, 0.2) is 53.1 Å². The molecule has 3 heterocycles. The van der Waals surface area contributed by atoms with Gasteiger partial charge in [-0.15, -0.1) is 0 Å². The van der Waals surface area contributed by atoms with Crippen LogP contribution in [0.1, 0.15) is 52.0 Å². The lowest BCUT2D eigenvalue weighted by Crippen LogP contribution is -2.39. The number of carbonyl (C=O) groups is 1. The van der Waals surface area contributed by atoms with Crippen molar-refractivity contribution in [2.75, 3.05) is 20.2 Å². The number of aromatic nitrogens is 2. The van der Waals surface area contributed by atoms with Crippen LogP contribution < -0.4 is 4.74 Å². The number of carbonyl (C=O) groups excluding carboxylic acids is 1. The van der Waals surface area contributed by atoms with Crippen molar-refractivity contribution in [2.45, 2.75) is 32.1 Å². The summed E-state index contributed by atoms with van der Waals surface area (Å²) in [6, 6.07) is 12.4. The van der Waals surface area contributed by atoms with Crippen LogP contribution in [-0.2, 0) is 6.42 Å². The normalized spacial score (nSPS) is 16.3. The summed E-state index contributed by atoms with van der Waals surface area (Å²) in [5.74, 6) is 1.96. The molecule has 170 valence electrons. The maximum atomic E-state index is 13.7. The van der Waals surface area contributed by atoms with E-state index in [1.807, 2.05) is 36.1 Å². The predicted octanol–water partition coefficient (Wildman–Crippen LogP) is 5.22. The molecule has 0 saturated carbocycles. The largest absolute Gasteiger partial charge is 0.497 e. The lowest BCUT2D eigenvalue weighted by atomic mass is 9.97. The number of hydrogen-bond acceptors (Lipinski definition) is 4. The molecule has 7 heteroatoms. The highest BCUT2D eigenvalue weighted by Gasteiger charge is 2.30. The van der Waals surface area contributed by atoms with Gasteiger partial charge >= 0.3 is 0 Å². The number of rotatable bonds is 5. The molecule has 33 heavy (non-hydrogen) atoms. The van der Waals surface area contributed by atoms with Gasteiger partial charge in [0.05, 0.1) is 19.2 Å². The van der Waals surface area contributed by atoms with Gasteiger partial charge in [-0.25, -0.2) is 9.37 Å². The minimum atomic E-state index is -0.309. The van der Waals surface area contributed by atoms with E-state index in [1.54, 1.807) is 19.4 Å². The molecular weight excluding hydrogens is 421 g/mol. The van der Waals surface area contributed by atoms with Crippen LogP contribution in [-0.4, -0.2) is 41.0 Å². The maximum absolute atomic E-state index is 13.7. The molecule has 1 N–H and O–H groups in total. The average molecular weight is 448 g/mol. The molecule has 1 unspecified atom stereocenters. The van der Waals surface area contributed by atoms with Crippen LogP contribution in [0.3, 0.4) is 0 Å². The van der Waals surface area contributed by atoms with Crippen LogP contribution in [0.4, 0.5) is 4.39 Å². The first kappa shape index (κ1) is 21.2. The lowest BCUT2D eigenvalue weighted by Gasteiger charge is -2.31. The van der Waals surface area contributed by atoms with Crippen molar-refractivity contribution in [1.82, 2.24) is 14.9 Å². The van der Waals surface area contributed by atoms with Crippen molar-refractivity contribution in [1.29, 1.82) is 0 Å². The van der Waals surface area contributed by atoms with Gasteiger partial charge in [0.15, 0.2) is 5.89 Å². The Morgan fingerprint density at radius 3 is 2.88 bits per heavy atom. The summed E-state index contributed by atoms with van der Waals surface area (Å²) < 4.78 is 24.9. The van der Waals surface area contributed by atoms with E-state index in [-0.39, 0.29) is 17.6 Å². The topological polar surface area (TPSA) is 71.4 Å². The van der Waals surface area contributed by atoms with Crippen molar-refractivity contribution < 1.29 is 18.3 Å². The highest BCUT2D eigenvalue weighted by Crippen LogP contribution is 2.30. The number of nitrogens with zero attached hydrogens (tertiary/aromatic N) is 2. The van der Waals surface area contributed by atoms with Gasteiger partial charge in [-0.3, -0.25) is 4.79 Å². The Bertz CT molecular complexity index is 1290. The number of aromatic amines is 1. The zero-order valence-electron chi connectivity index (χ0n) is 18.7. The monoisotopic (exact) mass is 447 g/mol. The molecule has 6 nitrogen and oxygen atoms in total. The highest BCUT2D eigenvalue weighted by molar-refractivity contribution is 6.01. The minimum absolute atomic E-state index is 0.0504. The Morgan fingerprint density at radius 1 is 1.27 bits per heavy atom. The van der Waals surface area contributed by atoms with Crippen molar-refractivity contribution in [3.05, 3.63) is 83.0 Å². The summed E-state index contributed by atoms with van der Waals surface area (Å²) in [5.41, 5.74) is 3.17. The number of fused-ring (bicyclic) bond motifs is 1. The minimum Gasteiger partial charge on any atom is -0.497 e. The van der Waals surface area contributed by atoms with E-state index < -0.39 is 0 Å². The number of methoxy groups -OCH3 is 1. The molecule has 1 saturated heterocycles. The zero-order valence-corrected chi connectivity index (χ0v) is 18.7. The fourth-order valence-electron chi connectivity index (χ4n) is 4.57. The highest BCUT2D eigenvalue weighted by atomic mass is 19.1. The third-order valence-electron chi connectivity index (χ3n) is 6.40. The second kappa shape index (κ2) is 8.73. The molecule has 1 aliphatic heterocycles. The second-order valence-electron chi connectivity index (χ2n) is 8.59. The number of oxazole rings is 1. The van der Waals surface area contributed by atoms with Gasteiger partial charge in [0.2, 0.25) is 0 Å². The third kappa shape index (κ3) is 4.23. The van der Waals surface area contributed by atoms with Crippen LogP contribution in [0, 0.1) is 12.7 Å². The quantitative estimate of drug-likeness (QED) is 0.455. The van der Waals surface area contributed by atoms with Gasteiger partial charge in [0.25, 0.3) is 5.91 Å². The molecule has 5 rings (SSSR count). The fourth-order valence-corrected chi connectivity index (χ4v) is 4.57. The first-order valence-electron chi connectivity index (χ1n) is 11.2. The van der Waals surface area contributed by atoms with Gasteiger partial charge in [-0.05, 0) is 61.2 Å². The first-order chi connectivity index (χ1) is 16.0. The number of H-pyrrole nitrogens is 1. The van der Waals surface area contributed by atoms with E-state index in [2.05, 4.69) is 9.97 Å². The van der Waals surface area contributed by atoms with E-state index >= 15 is 0 Å². The van der Waals surface area contributed by atoms with Crippen molar-refractivity contribution in [3.63, 3.8) is 0 Å². The standard InChI is InChI=1S/C26H26FN3O3/c1-16-22-13-19(27)7-10-23(22)29-24(16)26(31)30-11-3-4-18(15-30)25-28-14-21(33-25)12-17-5-8-20(32-2)9-6-17/h5-10,13-14,18,29H,3-4,11-12,15H2,1-2H3. The summed E-state index contributed by atoms with van der Waals surface area (Å²) in [5, 5.41) is 0.739. The maximum Gasteiger partial charge on any atom is 0.270 e. The molecule has 1 aliphatic rings. The number of aryl methyl sites for hydroxylation is 1. The third-order valence-corrected chi connectivity index (χ3v) is 6.40. The number of amides is 1. The number of piperidine rings is 1. The smallest absolute Gasteiger partial charge is 0.270 e. The summed E-state index contributed by atoms with van der Waals surface area (Å²) >= 11 is 0. The molecule has 0 spiro atoms. The number of halogens is 1. The number of likely N-dealkylation sites (tertiary alicyclic amines) is 1. The van der Waals surface area contributed by atoms with Gasteiger partial charge in [0.1, 0.15) is 23.0 Å². The summed E-state index contributed by atoms with van der Waals surface area (Å²) in [6.45, 7) is 3.08. The number of nitrogens with one attached hydrogen (secondary N) is 1. The van der Waals surface area contributed by atoms with Gasteiger partial charge < -0.3 is 19.0 Å². The Kier molecular flexibility index (Phi) is 5.62. The van der Waals surface area contributed by atoms with Gasteiger partial charge in [-0.2, -0.15) is 0 Å². The molecule has 0 aliphatic carbocycles. The molecular formula is C26H26FN3O3. The average Bonchev–Trinajstić information content (AvgIpc) is 3.44. The van der Waals surface area contributed by atoms with Gasteiger partial charge in [-0.1, -0.05) is 12.1 Å². The van der Waals surface area contributed by atoms with Gasteiger partial charge in [0, 0.05) is 30.4 Å². The van der Waals surface area contributed by atoms with E-state index in [9.17, 15) is 9.18 Å². The molecule has 0 bridgehead atoms. The molecule has 1 atom stereocenters. The predicted molar refractivity (Wildman–Crippen MR) is 123 cm³/mol. The van der Waals surface area contributed by atoms with Crippen LogP contribution in [0.25, 0.3) is 10.9 Å². The van der Waals surface area contributed by atoms with Crippen LogP contribution in [0.5, 0.6) is 5.75 Å². The van der Waals surface area contributed by atoms with Crippen molar-refractivity contribution >= 4 is 16.8 Å². The second-order valence-corrected chi connectivity index (χ2v) is 8.59. The van der Waals surface area contributed by atoms with E-state index in [4.69, 9.17) is 9.15 Å². The molecule has 1 fully saturated rings. The van der Waals surface area contributed by atoms with Crippen molar-refractivity contribution in [3.8, 4) is 5.75 Å². The summed E-state index contributed by atoms with van der Waals surface area (Å²) in [7, 11) is 1.65. The Hall–Kier alpha value is -3.61. The van der Waals surface area contributed by atoms with E-state index in [0.717, 1.165) is 46.4 Å². The van der Waals surface area contributed by atoms with E-state index in [0.29, 0.717) is 31.1 Å². The lowest BCUT2D eigenvalue weighted by molar-refractivity contribution is 0.0692. The Morgan fingerprint density at radius 2 is 2.09 bits per heavy atom. The molecule has 1 amide bonds. The van der Waals surface area contributed by atoms with E-state index in [1.165, 1.54) is 12.1 Å². The zero-order chi connectivity index (χ0) is 22.9. The van der Waals surface area contributed by atoms with Crippen molar-refractivity contribution in [2.24, 2.45) is 0 Å². The Labute approximate surface area is 191 Å². The fraction of sp³-hybridized carbons (Fsp3) is 0.308. The summed E-state index contributed by atoms with van der Waals surface area (Å²) in [4.78, 5) is 22.8.